The Hall–Kier alpha value is -4.21. The Morgan fingerprint density at radius 3 is 2.35 bits per heavy atom. The largest absolute Gasteiger partial charge is 0.480 e. The molecule has 0 fully saturated rings. The second-order valence-corrected chi connectivity index (χ2v) is 7.89. The summed E-state index contributed by atoms with van der Waals surface area (Å²) >= 11 is 0. The lowest BCUT2D eigenvalue weighted by Gasteiger charge is -2.17. The van der Waals surface area contributed by atoms with E-state index in [1.807, 2.05) is 24.3 Å². The Bertz CT molecular complexity index is 1160. The summed E-state index contributed by atoms with van der Waals surface area (Å²) in [4.78, 5) is 36.6. The zero-order chi connectivity index (χ0) is 24.1. The van der Waals surface area contributed by atoms with Crippen LogP contribution in [0, 0.1) is 0 Å². The van der Waals surface area contributed by atoms with E-state index in [0.29, 0.717) is 5.69 Å². The van der Waals surface area contributed by atoms with Crippen LogP contribution in [-0.2, 0) is 27.4 Å². The van der Waals surface area contributed by atoms with Crippen LogP contribution in [0.4, 0.5) is 4.79 Å². The molecule has 10 nitrogen and oxygen atoms in total. The number of aromatic nitrogens is 3. The van der Waals surface area contributed by atoms with Crippen molar-refractivity contribution in [3.63, 3.8) is 0 Å². The van der Waals surface area contributed by atoms with Gasteiger partial charge in [-0.1, -0.05) is 53.7 Å². The fourth-order valence-electron chi connectivity index (χ4n) is 4.09. The van der Waals surface area contributed by atoms with E-state index >= 15 is 0 Å². The van der Waals surface area contributed by atoms with Gasteiger partial charge in [0.25, 0.3) is 0 Å². The number of hydrogen-bond acceptors (Lipinski definition) is 6. The minimum atomic E-state index is -1.08. The molecule has 0 saturated heterocycles. The molecule has 0 aliphatic heterocycles. The standard InChI is InChI=1S/C24H25N5O5/c1-2-28(14-23(31)32)22(30)13-29-12-16(26-27-29)11-25-24(33)34-15-21-19-9-5-3-7-17(19)18-8-4-6-10-20(18)21/h3-10,12,21H,2,11,13-15H2,1H3,(H,25,33)(H,31,32). The van der Waals surface area contributed by atoms with Gasteiger partial charge in [-0.15, -0.1) is 5.10 Å². The molecule has 0 spiro atoms. The molecule has 4 rings (SSSR count). The molecule has 0 bridgehead atoms. The van der Waals surface area contributed by atoms with Crippen molar-refractivity contribution in [1.29, 1.82) is 0 Å². The van der Waals surface area contributed by atoms with Crippen LogP contribution in [0.5, 0.6) is 0 Å². The number of nitrogens with zero attached hydrogens (tertiary/aromatic N) is 4. The lowest BCUT2D eigenvalue weighted by atomic mass is 9.98. The molecule has 1 aliphatic carbocycles. The van der Waals surface area contributed by atoms with Crippen LogP contribution in [0.15, 0.2) is 54.7 Å². The highest BCUT2D eigenvalue weighted by Crippen LogP contribution is 2.44. The van der Waals surface area contributed by atoms with Gasteiger partial charge in [-0.3, -0.25) is 9.59 Å². The monoisotopic (exact) mass is 463 g/mol. The molecule has 34 heavy (non-hydrogen) atoms. The Labute approximate surface area is 196 Å². The number of carboxylic acids is 1. The van der Waals surface area contributed by atoms with Crippen LogP contribution in [-0.4, -0.2) is 62.7 Å². The molecule has 3 aromatic rings. The first-order valence-corrected chi connectivity index (χ1v) is 10.9. The number of likely N-dealkylation sites (N-methyl/N-ethyl adjacent to an activating group) is 1. The van der Waals surface area contributed by atoms with Crippen molar-refractivity contribution in [3.8, 4) is 11.1 Å². The summed E-state index contributed by atoms with van der Waals surface area (Å²) in [7, 11) is 0. The second-order valence-electron chi connectivity index (χ2n) is 7.89. The summed E-state index contributed by atoms with van der Waals surface area (Å²) in [5.41, 5.74) is 5.02. The maximum absolute atomic E-state index is 12.3. The number of ether oxygens (including phenoxy) is 1. The van der Waals surface area contributed by atoms with Gasteiger partial charge in [-0.25, -0.2) is 9.48 Å². The highest BCUT2D eigenvalue weighted by molar-refractivity contribution is 5.81. The fourth-order valence-corrected chi connectivity index (χ4v) is 4.09. The van der Waals surface area contributed by atoms with Crippen molar-refractivity contribution in [1.82, 2.24) is 25.2 Å². The summed E-state index contributed by atoms with van der Waals surface area (Å²) in [6.45, 7) is 1.75. The Balaban J connectivity index is 1.29. The van der Waals surface area contributed by atoms with Crippen molar-refractivity contribution in [2.45, 2.75) is 25.9 Å². The molecule has 10 heteroatoms. The van der Waals surface area contributed by atoms with E-state index in [0.717, 1.165) is 22.3 Å². The van der Waals surface area contributed by atoms with Gasteiger partial charge in [-0.05, 0) is 29.2 Å². The number of amides is 2. The summed E-state index contributed by atoms with van der Waals surface area (Å²) in [6, 6.07) is 16.2. The van der Waals surface area contributed by atoms with E-state index < -0.39 is 12.1 Å². The first-order valence-electron chi connectivity index (χ1n) is 10.9. The number of carbonyl (C=O) groups is 3. The average Bonchev–Trinajstić information content (AvgIpc) is 3.41. The van der Waals surface area contributed by atoms with E-state index in [1.54, 1.807) is 6.92 Å². The summed E-state index contributed by atoms with van der Waals surface area (Å²) < 4.78 is 6.80. The maximum Gasteiger partial charge on any atom is 0.407 e. The maximum atomic E-state index is 12.3. The lowest BCUT2D eigenvalue weighted by Crippen LogP contribution is -2.37. The SMILES string of the molecule is CCN(CC(=O)O)C(=O)Cn1cc(CNC(=O)OCC2c3ccccc3-c3ccccc32)nn1. The van der Waals surface area contributed by atoms with Crippen molar-refractivity contribution < 1.29 is 24.2 Å². The second kappa shape index (κ2) is 10.2. The van der Waals surface area contributed by atoms with Gasteiger partial charge in [0.2, 0.25) is 5.91 Å². The van der Waals surface area contributed by atoms with Gasteiger partial charge in [0.1, 0.15) is 25.4 Å². The third-order valence-corrected chi connectivity index (χ3v) is 5.70. The molecule has 0 radical (unpaired) electrons. The minimum absolute atomic E-state index is 0.0302. The number of alkyl carbamates (subject to hydrolysis) is 1. The number of benzene rings is 2. The Morgan fingerprint density at radius 1 is 1.09 bits per heavy atom. The lowest BCUT2D eigenvalue weighted by molar-refractivity contribution is -0.144. The summed E-state index contributed by atoms with van der Waals surface area (Å²) in [5.74, 6) is -1.50. The van der Waals surface area contributed by atoms with Gasteiger partial charge in [0.15, 0.2) is 0 Å². The molecule has 0 saturated carbocycles. The highest BCUT2D eigenvalue weighted by atomic mass is 16.5. The average molecular weight is 463 g/mol. The molecule has 2 aromatic carbocycles. The molecular weight excluding hydrogens is 438 g/mol. The molecule has 2 amide bonds. The molecule has 0 unspecified atom stereocenters. The predicted molar refractivity (Wildman–Crippen MR) is 122 cm³/mol. The van der Waals surface area contributed by atoms with E-state index in [2.05, 4.69) is 39.9 Å². The molecule has 1 heterocycles. The van der Waals surface area contributed by atoms with E-state index in [1.165, 1.54) is 15.8 Å². The van der Waals surface area contributed by atoms with Crippen molar-refractivity contribution in [2.75, 3.05) is 19.7 Å². The minimum Gasteiger partial charge on any atom is -0.480 e. The summed E-state index contributed by atoms with van der Waals surface area (Å²) in [6.07, 6.45) is 0.946. The molecule has 2 N–H and O–H groups in total. The number of fused-ring (bicyclic) bond motifs is 3. The number of hydrogen-bond donors (Lipinski definition) is 2. The van der Waals surface area contributed by atoms with Crippen LogP contribution in [0.1, 0.15) is 29.7 Å². The van der Waals surface area contributed by atoms with Crippen molar-refractivity contribution >= 4 is 18.0 Å². The number of carbonyl (C=O) groups excluding carboxylic acids is 2. The Morgan fingerprint density at radius 2 is 1.74 bits per heavy atom. The molecule has 0 atom stereocenters. The van der Waals surface area contributed by atoms with Crippen LogP contribution >= 0.6 is 0 Å². The normalized spacial score (nSPS) is 12.0. The number of nitrogens with one attached hydrogen (secondary N) is 1. The number of rotatable bonds is 9. The predicted octanol–water partition coefficient (Wildman–Crippen LogP) is 2.25. The van der Waals surface area contributed by atoms with Crippen LogP contribution in [0.3, 0.4) is 0 Å². The topological polar surface area (TPSA) is 127 Å². The van der Waals surface area contributed by atoms with E-state index in [4.69, 9.17) is 9.84 Å². The van der Waals surface area contributed by atoms with Gasteiger partial charge in [0.05, 0.1) is 12.7 Å². The first kappa shape index (κ1) is 23.0. The quantitative estimate of drug-likeness (QED) is 0.498. The third-order valence-electron chi connectivity index (χ3n) is 5.70. The van der Waals surface area contributed by atoms with E-state index in [-0.39, 0.29) is 44.6 Å². The first-order chi connectivity index (χ1) is 16.5. The molecule has 1 aliphatic rings. The molecule has 1 aromatic heterocycles. The fraction of sp³-hybridized carbons (Fsp3) is 0.292. The van der Waals surface area contributed by atoms with Crippen LogP contribution < -0.4 is 5.32 Å². The van der Waals surface area contributed by atoms with E-state index in [9.17, 15) is 14.4 Å². The third kappa shape index (κ3) is 5.06. The number of carboxylic acid groups (broad SMARTS) is 1. The molecule has 176 valence electrons. The van der Waals surface area contributed by atoms with Crippen molar-refractivity contribution in [2.24, 2.45) is 0 Å². The molecular formula is C24H25N5O5. The van der Waals surface area contributed by atoms with Crippen molar-refractivity contribution in [3.05, 3.63) is 71.5 Å². The zero-order valence-electron chi connectivity index (χ0n) is 18.7. The highest BCUT2D eigenvalue weighted by Gasteiger charge is 2.29. The smallest absolute Gasteiger partial charge is 0.407 e. The van der Waals surface area contributed by atoms with Gasteiger partial charge in [0, 0.05) is 12.5 Å². The zero-order valence-corrected chi connectivity index (χ0v) is 18.7. The van der Waals surface area contributed by atoms with Gasteiger partial charge < -0.3 is 20.1 Å². The number of aliphatic carboxylic acids is 1. The van der Waals surface area contributed by atoms with Gasteiger partial charge in [-0.2, -0.15) is 0 Å². The van der Waals surface area contributed by atoms with Crippen LogP contribution in [0.25, 0.3) is 11.1 Å². The Kier molecular flexibility index (Phi) is 6.86. The summed E-state index contributed by atoms with van der Waals surface area (Å²) in [5, 5.41) is 19.3. The van der Waals surface area contributed by atoms with Gasteiger partial charge >= 0.3 is 12.1 Å². The van der Waals surface area contributed by atoms with Crippen LogP contribution in [0.2, 0.25) is 0 Å².